The van der Waals surface area contributed by atoms with Crippen LogP contribution >= 0.6 is 0 Å². The summed E-state index contributed by atoms with van der Waals surface area (Å²) in [5.41, 5.74) is 0.294. The van der Waals surface area contributed by atoms with Crippen LogP contribution < -0.4 is 15.9 Å². The monoisotopic (exact) mass is 497 g/mol. The van der Waals surface area contributed by atoms with E-state index in [4.69, 9.17) is 5.14 Å². The van der Waals surface area contributed by atoms with Crippen molar-refractivity contribution < 1.29 is 26.0 Å². The second-order valence-corrected chi connectivity index (χ2v) is 9.87. The lowest BCUT2D eigenvalue weighted by Crippen LogP contribution is -2.52. The molecule has 0 atom stereocenters. The van der Waals surface area contributed by atoms with Crippen LogP contribution in [0.3, 0.4) is 0 Å². The first-order chi connectivity index (χ1) is 16.0. The molecule has 3 aromatic rings. The number of hydrazone groups is 1. The van der Waals surface area contributed by atoms with Gasteiger partial charge in [0.15, 0.2) is 5.71 Å². The second kappa shape index (κ2) is 7.63. The Kier molecular flexibility index (Phi) is 5.06. The number of hydrogen-bond donors (Lipinski definition) is 3. The third-order valence-electron chi connectivity index (χ3n) is 6.16. The minimum atomic E-state index is -4.64. The lowest BCUT2D eigenvalue weighted by molar-refractivity contribution is -0.0682. The fourth-order valence-electron chi connectivity index (χ4n) is 4.71. The van der Waals surface area contributed by atoms with E-state index in [-0.39, 0.29) is 30.1 Å². The smallest absolute Gasteiger partial charge is 0.322 e. The van der Waals surface area contributed by atoms with Gasteiger partial charge in [-0.25, -0.2) is 22.9 Å². The van der Waals surface area contributed by atoms with Gasteiger partial charge in [0.1, 0.15) is 17.3 Å². The van der Waals surface area contributed by atoms with Crippen LogP contribution in [-0.2, 0) is 15.6 Å². The first-order valence-corrected chi connectivity index (χ1v) is 11.9. The predicted octanol–water partition coefficient (Wildman–Crippen LogP) is 3.96. The number of rotatable bonds is 3. The molecule has 9 nitrogen and oxygen atoms in total. The summed E-state index contributed by atoms with van der Waals surface area (Å²) in [5.74, 6) is -0.623. The molecule has 1 aliphatic heterocycles. The summed E-state index contributed by atoms with van der Waals surface area (Å²) in [5, 5.41) is 11.8. The Morgan fingerprint density at radius 2 is 1.88 bits per heavy atom. The molecule has 4 N–H and O–H groups in total. The van der Waals surface area contributed by atoms with Gasteiger partial charge in [0, 0.05) is 11.6 Å². The van der Waals surface area contributed by atoms with Crippen molar-refractivity contribution in [2.45, 2.75) is 48.7 Å². The highest BCUT2D eigenvalue weighted by atomic mass is 32.2. The summed E-state index contributed by atoms with van der Waals surface area (Å²) in [6, 6.07) is 4.65. The zero-order valence-corrected chi connectivity index (χ0v) is 18.3. The Labute approximate surface area is 191 Å². The van der Waals surface area contributed by atoms with Crippen molar-refractivity contribution in [2.24, 2.45) is 10.2 Å². The molecule has 2 aromatic heterocycles. The maximum absolute atomic E-state index is 14.5. The molecule has 0 bridgehead atoms. The summed E-state index contributed by atoms with van der Waals surface area (Å²) < 4.78 is 80.8. The Morgan fingerprint density at radius 1 is 1.15 bits per heavy atom. The number of nitrogens with zero attached hydrogens (tertiary/aromatic N) is 4. The third-order valence-corrected chi connectivity index (χ3v) is 7.07. The minimum Gasteiger partial charge on any atom is -0.322 e. The molecule has 0 unspecified atom stereocenters. The molecule has 180 valence electrons. The zero-order chi connectivity index (χ0) is 24.3. The van der Waals surface area contributed by atoms with Crippen LogP contribution in [0.25, 0.3) is 11.0 Å². The molecule has 5 rings (SSSR count). The molecule has 1 aromatic carbocycles. The van der Waals surface area contributed by atoms with Crippen molar-refractivity contribution in [1.29, 1.82) is 0 Å². The molecule has 0 radical (unpaired) electrons. The molecule has 3 heterocycles. The Hall–Kier alpha value is -3.26. The second-order valence-electron chi connectivity index (χ2n) is 8.31. The van der Waals surface area contributed by atoms with Crippen molar-refractivity contribution in [3.8, 4) is 0 Å². The number of benzene rings is 1. The molecular formula is C20H19F4N7O2S. The summed E-state index contributed by atoms with van der Waals surface area (Å²) in [4.78, 5) is 8.11. The maximum atomic E-state index is 14.5. The lowest BCUT2D eigenvalue weighted by atomic mass is 9.77. The van der Waals surface area contributed by atoms with Crippen LogP contribution in [0, 0.1) is 5.82 Å². The number of alkyl halides is 3. The number of aromatic nitrogens is 3. The molecular weight excluding hydrogens is 478 g/mol. The van der Waals surface area contributed by atoms with E-state index in [0.29, 0.717) is 24.0 Å². The van der Waals surface area contributed by atoms with E-state index in [0.717, 1.165) is 24.6 Å². The fourth-order valence-corrected chi connectivity index (χ4v) is 5.23. The Balaban J connectivity index is 1.59. The molecule has 34 heavy (non-hydrogen) atoms. The van der Waals surface area contributed by atoms with Gasteiger partial charge in [0.05, 0.1) is 16.1 Å². The predicted molar refractivity (Wildman–Crippen MR) is 117 cm³/mol. The molecule has 1 aliphatic carbocycles. The summed E-state index contributed by atoms with van der Waals surface area (Å²) in [7, 11) is -4.09. The summed E-state index contributed by atoms with van der Waals surface area (Å²) >= 11 is 0. The minimum absolute atomic E-state index is 0.0716. The van der Waals surface area contributed by atoms with Crippen molar-refractivity contribution in [2.75, 3.05) is 10.7 Å². The van der Waals surface area contributed by atoms with Gasteiger partial charge in [-0.15, -0.1) is 0 Å². The quantitative estimate of drug-likeness (QED) is 0.470. The average molecular weight is 497 g/mol. The van der Waals surface area contributed by atoms with Crippen molar-refractivity contribution in [3.63, 3.8) is 0 Å². The van der Waals surface area contributed by atoms with Crippen LogP contribution in [0.4, 0.5) is 35.0 Å². The van der Waals surface area contributed by atoms with Gasteiger partial charge in [-0.05, 0) is 37.1 Å². The largest absolute Gasteiger partial charge is 0.433 e. The molecule has 0 saturated heterocycles. The molecule has 1 spiro atoms. The van der Waals surface area contributed by atoms with Crippen LogP contribution in [0.2, 0.25) is 0 Å². The molecule has 0 amide bonds. The van der Waals surface area contributed by atoms with Crippen molar-refractivity contribution in [3.05, 3.63) is 36.3 Å². The zero-order valence-electron chi connectivity index (χ0n) is 17.5. The SMILES string of the molecule is NS(=O)(=O)c1ccc(Nc2ncc3cc4n(c3n2)C2(CCCCC2)C(C(F)(F)F)=NN4)c(F)c1. The number of hydrogen-bond acceptors (Lipinski definition) is 7. The summed E-state index contributed by atoms with van der Waals surface area (Å²) in [6.07, 6.45) is -0.693. The molecule has 2 aliphatic rings. The van der Waals surface area contributed by atoms with Gasteiger partial charge in [-0.1, -0.05) is 19.3 Å². The molecule has 1 fully saturated rings. The van der Waals surface area contributed by atoms with Crippen molar-refractivity contribution in [1.82, 2.24) is 14.5 Å². The van der Waals surface area contributed by atoms with E-state index in [9.17, 15) is 26.0 Å². The highest BCUT2D eigenvalue weighted by molar-refractivity contribution is 7.89. The first-order valence-electron chi connectivity index (χ1n) is 10.4. The number of fused-ring (bicyclic) bond motifs is 4. The van der Waals surface area contributed by atoms with Gasteiger partial charge in [0.25, 0.3) is 0 Å². The molecule has 1 saturated carbocycles. The van der Waals surface area contributed by atoms with E-state index >= 15 is 0 Å². The van der Waals surface area contributed by atoms with Crippen LogP contribution in [0.5, 0.6) is 0 Å². The molecule has 14 heteroatoms. The van der Waals surface area contributed by atoms with Gasteiger partial charge in [-0.2, -0.15) is 23.3 Å². The first kappa shape index (κ1) is 22.5. The van der Waals surface area contributed by atoms with Gasteiger partial charge < -0.3 is 5.32 Å². The topological polar surface area (TPSA) is 127 Å². The van der Waals surface area contributed by atoms with Gasteiger partial charge in [-0.3, -0.25) is 9.99 Å². The standard InChI is InChI=1S/C20H19F4N7O2S/c21-13-9-12(34(25,32)33)4-5-14(13)27-18-26-10-11-8-15-29-30-17(20(22,23)24)19(6-2-1-3-7-19)31(15)16(11)28-18/h4-5,8-10,29H,1-3,6-7H2,(H2,25,32,33)(H,26,27,28). The lowest BCUT2D eigenvalue weighted by Gasteiger charge is -2.43. The number of nitrogens with two attached hydrogens (primary N) is 1. The van der Waals surface area contributed by atoms with Crippen LogP contribution in [0.15, 0.2) is 40.5 Å². The van der Waals surface area contributed by atoms with E-state index in [1.807, 2.05) is 0 Å². The van der Waals surface area contributed by atoms with Crippen molar-refractivity contribution >= 4 is 44.2 Å². The fraction of sp³-hybridized carbons (Fsp3) is 0.350. The van der Waals surface area contributed by atoms with E-state index in [2.05, 4.69) is 25.8 Å². The average Bonchev–Trinajstić information content (AvgIpc) is 3.13. The van der Waals surface area contributed by atoms with E-state index in [1.54, 1.807) is 6.07 Å². The van der Waals surface area contributed by atoms with Crippen LogP contribution in [0.1, 0.15) is 32.1 Å². The summed E-state index contributed by atoms with van der Waals surface area (Å²) in [6.45, 7) is 0. The van der Waals surface area contributed by atoms with E-state index < -0.39 is 38.2 Å². The van der Waals surface area contributed by atoms with E-state index in [1.165, 1.54) is 10.8 Å². The Morgan fingerprint density at radius 3 is 2.53 bits per heavy atom. The third kappa shape index (κ3) is 3.66. The normalized spacial score (nSPS) is 17.9. The maximum Gasteiger partial charge on any atom is 0.433 e. The number of nitrogens with one attached hydrogen (secondary N) is 2. The van der Waals surface area contributed by atoms with Gasteiger partial charge >= 0.3 is 6.18 Å². The van der Waals surface area contributed by atoms with Crippen LogP contribution in [-0.4, -0.2) is 34.8 Å². The number of primary sulfonamides is 1. The number of halogens is 4. The number of anilines is 3. The number of sulfonamides is 1. The highest BCUT2D eigenvalue weighted by Crippen LogP contribution is 2.47. The Bertz CT molecular complexity index is 1430. The highest BCUT2D eigenvalue weighted by Gasteiger charge is 2.54. The van der Waals surface area contributed by atoms with Gasteiger partial charge in [0.2, 0.25) is 16.0 Å².